The van der Waals surface area contributed by atoms with Gasteiger partial charge in [0, 0.05) is 17.4 Å². The molecule has 2 heterocycles. The lowest BCUT2D eigenvalue weighted by molar-refractivity contribution is 0.415. The van der Waals surface area contributed by atoms with E-state index in [9.17, 15) is 0 Å². The molecule has 170 valence electrons. The van der Waals surface area contributed by atoms with E-state index >= 15 is 0 Å². The summed E-state index contributed by atoms with van der Waals surface area (Å²) in [5.41, 5.74) is 6.11. The average molecular weight is 457 g/mol. The second kappa shape index (κ2) is 9.03. The Labute approximate surface area is 204 Å². The van der Waals surface area contributed by atoms with Crippen molar-refractivity contribution in [3.05, 3.63) is 120 Å². The van der Waals surface area contributed by atoms with Crippen molar-refractivity contribution in [2.45, 2.75) is 12.5 Å². The van der Waals surface area contributed by atoms with Crippen LogP contribution in [0.2, 0.25) is 0 Å². The predicted octanol–water partition coefficient (Wildman–Crippen LogP) is 6.66. The normalized spacial score (nSPS) is 15.3. The van der Waals surface area contributed by atoms with Crippen LogP contribution in [0.4, 0.5) is 5.95 Å². The molecule has 6 rings (SSSR count). The van der Waals surface area contributed by atoms with Crippen molar-refractivity contribution in [3.63, 3.8) is 0 Å². The fraction of sp³-hybridized carbons (Fsp3) is 0.100. The SMILES string of the molecule is COc1ccc(C2=NN(c3nc(-c4ccccc4)c4ccccc4n3)[C@@H](c3ccccc3)C2)cc1. The number of nitrogens with zero attached hydrogens (tertiary/aromatic N) is 4. The van der Waals surface area contributed by atoms with Crippen molar-refractivity contribution in [3.8, 4) is 17.0 Å². The van der Waals surface area contributed by atoms with Gasteiger partial charge in [-0.05, 0) is 41.5 Å². The van der Waals surface area contributed by atoms with Crippen LogP contribution in [0.3, 0.4) is 0 Å². The smallest absolute Gasteiger partial charge is 0.247 e. The minimum absolute atomic E-state index is 0.00177. The van der Waals surface area contributed by atoms with Gasteiger partial charge in [0.2, 0.25) is 5.95 Å². The lowest BCUT2D eigenvalue weighted by Gasteiger charge is -2.23. The van der Waals surface area contributed by atoms with E-state index in [1.165, 1.54) is 5.56 Å². The molecule has 0 amide bonds. The summed E-state index contributed by atoms with van der Waals surface area (Å²) in [6, 6.07) is 36.9. The van der Waals surface area contributed by atoms with Crippen LogP contribution in [0.1, 0.15) is 23.6 Å². The molecule has 5 nitrogen and oxygen atoms in total. The predicted molar refractivity (Wildman–Crippen MR) is 141 cm³/mol. The molecule has 1 aliphatic heterocycles. The second-order valence-corrected chi connectivity index (χ2v) is 8.51. The number of ether oxygens (including phenoxy) is 1. The Morgan fingerprint density at radius 1 is 0.714 bits per heavy atom. The van der Waals surface area contributed by atoms with Gasteiger partial charge >= 0.3 is 0 Å². The Bertz CT molecular complexity index is 1500. The molecule has 1 aliphatic rings. The molecule has 35 heavy (non-hydrogen) atoms. The topological polar surface area (TPSA) is 50.6 Å². The molecule has 0 aliphatic carbocycles. The molecular formula is C30H24N4O. The van der Waals surface area contributed by atoms with Gasteiger partial charge < -0.3 is 4.74 Å². The van der Waals surface area contributed by atoms with Crippen LogP contribution in [-0.2, 0) is 0 Å². The zero-order valence-electron chi connectivity index (χ0n) is 19.4. The summed E-state index contributed by atoms with van der Waals surface area (Å²) < 4.78 is 5.34. The first kappa shape index (κ1) is 21.1. The molecule has 0 N–H and O–H groups in total. The minimum atomic E-state index is -0.00177. The Kier molecular flexibility index (Phi) is 5.43. The summed E-state index contributed by atoms with van der Waals surface area (Å²) in [4.78, 5) is 10.0. The standard InChI is InChI=1S/C30H24N4O/c1-35-24-18-16-21(17-19-24)27-20-28(22-10-4-2-5-11-22)34(33-27)30-31-26-15-9-8-14-25(26)29(32-30)23-12-6-3-7-13-23/h2-19,28H,20H2,1H3/t28-/m1/s1. The Hall–Kier alpha value is -4.51. The average Bonchev–Trinajstić information content (AvgIpc) is 3.39. The summed E-state index contributed by atoms with van der Waals surface area (Å²) in [5.74, 6) is 1.43. The highest BCUT2D eigenvalue weighted by Crippen LogP contribution is 2.37. The van der Waals surface area contributed by atoms with Crippen LogP contribution in [-0.4, -0.2) is 22.8 Å². The number of hydrazone groups is 1. The quantitative estimate of drug-likeness (QED) is 0.297. The first-order chi connectivity index (χ1) is 17.3. The fourth-order valence-corrected chi connectivity index (χ4v) is 4.57. The van der Waals surface area contributed by atoms with Gasteiger partial charge in [-0.15, -0.1) is 0 Å². The van der Waals surface area contributed by atoms with Gasteiger partial charge in [0.15, 0.2) is 0 Å². The number of benzene rings is 4. The van der Waals surface area contributed by atoms with Gasteiger partial charge in [-0.2, -0.15) is 5.10 Å². The third-order valence-electron chi connectivity index (χ3n) is 6.36. The highest BCUT2D eigenvalue weighted by Gasteiger charge is 2.32. The molecular weight excluding hydrogens is 432 g/mol. The first-order valence-electron chi connectivity index (χ1n) is 11.7. The van der Waals surface area contributed by atoms with Gasteiger partial charge in [0.1, 0.15) is 5.75 Å². The first-order valence-corrected chi connectivity index (χ1v) is 11.7. The van der Waals surface area contributed by atoms with Crippen molar-refractivity contribution in [1.82, 2.24) is 9.97 Å². The summed E-state index contributed by atoms with van der Waals surface area (Å²) in [6.45, 7) is 0. The van der Waals surface area contributed by atoms with Crippen LogP contribution in [0.15, 0.2) is 114 Å². The Balaban J connectivity index is 1.51. The summed E-state index contributed by atoms with van der Waals surface area (Å²) in [7, 11) is 1.68. The van der Waals surface area contributed by atoms with Gasteiger partial charge in [-0.25, -0.2) is 15.0 Å². The van der Waals surface area contributed by atoms with Crippen molar-refractivity contribution in [1.29, 1.82) is 0 Å². The van der Waals surface area contributed by atoms with E-state index in [2.05, 4.69) is 54.6 Å². The molecule has 5 heteroatoms. The largest absolute Gasteiger partial charge is 0.497 e. The molecule has 0 unspecified atom stereocenters. The molecule has 1 atom stereocenters. The number of para-hydroxylation sites is 1. The van der Waals surface area contributed by atoms with Crippen LogP contribution in [0, 0.1) is 0 Å². The van der Waals surface area contributed by atoms with Gasteiger partial charge in [0.05, 0.1) is 30.1 Å². The lowest BCUT2D eigenvalue weighted by Crippen LogP contribution is -2.21. The maximum atomic E-state index is 5.34. The molecule has 0 spiro atoms. The van der Waals surface area contributed by atoms with Gasteiger partial charge in [-0.3, -0.25) is 0 Å². The number of anilines is 1. The molecule has 4 aromatic carbocycles. The summed E-state index contributed by atoms with van der Waals surface area (Å²) in [5, 5.41) is 8.07. The van der Waals surface area contributed by atoms with Gasteiger partial charge in [0.25, 0.3) is 0 Å². The van der Waals surface area contributed by atoms with Crippen LogP contribution >= 0.6 is 0 Å². The van der Waals surface area contributed by atoms with Crippen molar-refractivity contribution in [2.75, 3.05) is 12.1 Å². The fourth-order valence-electron chi connectivity index (χ4n) is 4.57. The van der Waals surface area contributed by atoms with E-state index < -0.39 is 0 Å². The number of aromatic nitrogens is 2. The number of hydrogen-bond donors (Lipinski definition) is 0. The van der Waals surface area contributed by atoms with E-state index in [1.807, 2.05) is 59.6 Å². The van der Waals surface area contributed by atoms with Crippen LogP contribution in [0.5, 0.6) is 5.75 Å². The molecule has 1 aromatic heterocycles. The van der Waals surface area contributed by atoms with E-state index in [4.69, 9.17) is 19.8 Å². The maximum Gasteiger partial charge on any atom is 0.247 e. The molecule has 0 saturated carbocycles. The Morgan fingerprint density at radius 3 is 2.14 bits per heavy atom. The third kappa shape index (κ3) is 4.02. The Morgan fingerprint density at radius 2 is 1.40 bits per heavy atom. The highest BCUT2D eigenvalue weighted by atomic mass is 16.5. The molecule has 0 radical (unpaired) electrons. The van der Waals surface area contributed by atoms with Crippen LogP contribution in [0.25, 0.3) is 22.2 Å². The van der Waals surface area contributed by atoms with Crippen molar-refractivity contribution < 1.29 is 4.74 Å². The number of fused-ring (bicyclic) bond motifs is 1. The van der Waals surface area contributed by atoms with E-state index in [0.717, 1.165) is 45.6 Å². The number of hydrogen-bond acceptors (Lipinski definition) is 5. The maximum absolute atomic E-state index is 5.34. The zero-order chi connectivity index (χ0) is 23.6. The molecule has 0 saturated heterocycles. The molecule has 5 aromatic rings. The van der Waals surface area contributed by atoms with E-state index in [-0.39, 0.29) is 6.04 Å². The minimum Gasteiger partial charge on any atom is -0.497 e. The highest BCUT2D eigenvalue weighted by molar-refractivity contribution is 6.03. The third-order valence-corrected chi connectivity index (χ3v) is 6.36. The monoisotopic (exact) mass is 456 g/mol. The van der Waals surface area contributed by atoms with Crippen molar-refractivity contribution in [2.24, 2.45) is 5.10 Å². The number of methoxy groups -OCH3 is 1. The van der Waals surface area contributed by atoms with Crippen molar-refractivity contribution >= 4 is 22.6 Å². The second-order valence-electron chi connectivity index (χ2n) is 8.51. The van der Waals surface area contributed by atoms with Crippen LogP contribution < -0.4 is 9.75 Å². The molecule has 0 bridgehead atoms. The zero-order valence-corrected chi connectivity index (χ0v) is 19.4. The lowest BCUT2D eigenvalue weighted by atomic mass is 9.98. The summed E-state index contributed by atoms with van der Waals surface area (Å²) in [6.07, 6.45) is 0.757. The summed E-state index contributed by atoms with van der Waals surface area (Å²) >= 11 is 0. The van der Waals surface area contributed by atoms with E-state index in [0.29, 0.717) is 5.95 Å². The molecule has 0 fully saturated rings. The van der Waals surface area contributed by atoms with Gasteiger partial charge in [-0.1, -0.05) is 78.9 Å². The van der Waals surface area contributed by atoms with E-state index in [1.54, 1.807) is 7.11 Å². The number of rotatable bonds is 5.